The first kappa shape index (κ1) is 26.1. The lowest BCUT2D eigenvalue weighted by Gasteiger charge is -2.27. The minimum Gasteiger partial charge on any atom is -0.376 e. The highest BCUT2D eigenvalue weighted by molar-refractivity contribution is 7.90. The van der Waals surface area contributed by atoms with Gasteiger partial charge in [0.2, 0.25) is 20.9 Å². The van der Waals surface area contributed by atoms with Gasteiger partial charge in [0, 0.05) is 19.1 Å². The van der Waals surface area contributed by atoms with Gasteiger partial charge in [-0.2, -0.15) is 0 Å². The van der Waals surface area contributed by atoms with Gasteiger partial charge in [0.05, 0.1) is 36.8 Å². The quantitative estimate of drug-likeness (QED) is 0.405. The van der Waals surface area contributed by atoms with Gasteiger partial charge < -0.3 is 14.2 Å². The highest BCUT2D eigenvalue weighted by Crippen LogP contribution is 2.23. The summed E-state index contributed by atoms with van der Waals surface area (Å²) < 4.78 is 34.8. The molecule has 1 aliphatic rings. The summed E-state index contributed by atoms with van der Waals surface area (Å²) in [6, 6.07) is 17.2. The topological polar surface area (TPSA) is 81.5 Å². The van der Waals surface area contributed by atoms with Crippen LogP contribution in [0.25, 0.3) is 0 Å². The first-order valence-electron chi connectivity index (χ1n) is 12.5. The molecule has 8 heteroatoms. The van der Waals surface area contributed by atoms with E-state index >= 15 is 0 Å². The van der Waals surface area contributed by atoms with Gasteiger partial charge in [-0.25, -0.2) is 13.4 Å². The minimum atomic E-state index is -3.74. The van der Waals surface area contributed by atoms with E-state index in [0.29, 0.717) is 25.4 Å². The summed E-state index contributed by atoms with van der Waals surface area (Å²) in [5.41, 5.74) is 3.33. The van der Waals surface area contributed by atoms with E-state index in [1.807, 2.05) is 75.4 Å². The van der Waals surface area contributed by atoms with E-state index in [9.17, 15) is 13.2 Å². The number of sulfone groups is 1. The van der Waals surface area contributed by atoms with Crippen molar-refractivity contribution in [3.8, 4) is 0 Å². The number of amides is 1. The molecule has 0 unspecified atom stereocenters. The molecule has 1 amide bonds. The fraction of sp³-hybridized carbons (Fsp3) is 0.429. The molecule has 4 rings (SSSR count). The fourth-order valence-corrected chi connectivity index (χ4v) is 6.16. The number of nitrogens with zero attached hydrogens (tertiary/aromatic N) is 3. The molecule has 1 saturated heterocycles. The lowest BCUT2D eigenvalue weighted by molar-refractivity contribution is -0.136. The van der Waals surface area contributed by atoms with Gasteiger partial charge >= 0.3 is 0 Å². The van der Waals surface area contributed by atoms with E-state index in [2.05, 4.69) is 4.98 Å². The van der Waals surface area contributed by atoms with E-state index < -0.39 is 9.84 Å². The Balaban J connectivity index is 1.70. The Morgan fingerprint density at radius 1 is 1.14 bits per heavy atom. The molecule has 2 aromatic carbocycles. The Bertz CT molecular complexity index is 1280. The number of hydrogen-bond acceptors (Lipinski definition) is 5. The zero-order valence-electron chi connectivity index (χ0n) is 21.3. The number of hydrogen-bond donors (Lipinski definition) is 0. The summed E-state index contributed by atoms with van der Waals surface area (Å²) in [4.78, 5) is 19.3. The van der Waals surface area contributed by atoms with Gasteiger partial charge in [0.25, 0.3) is 0 Å². The number of carbonyl (C=O) groups excluding carboxylic acids is 1. The number of imidazole rings is 1. The molecule has 1 atom stereocenters. The van der Waals surface area contributed by atoms with Crippen LogP contribution in [-0.2, 0) is 38.2 Å². The van der Waals surface area contributed by atoms with Gasteiger partial charge in [-0.1, -0.05) is 68.4 Å². The lowest BCUT2D eigenvalue weighted by Crippen LogP contribution is -2.39. The van der Waals surface area contributed by atoms with Crippen LogP contribution in [-0.4, -0.2) is 48.0 Å². The zero-order chi connectivity index (χ0) is 25.7. The van der Waals surface area contributed by atoms with Crippen LogP contribution in [0.4, 0.5) is 0 Å². The van der Waals surface area contributed by atoms with Crippen molar-refractivity contribution in [1.29, 1.82) is 0 Å². The molecule has 0 bridgehead atoms. The summed E-state index contributed by atoms with van der Waals surface area (Å²) in [6.45, 7) is 7.49. The van der Waals surface area contributed by atoms with Crippen molar-refractivity contribution in [3.63, 3.8) is 0 Å². The van der Waals surface area contributed by atoms with Crippen LogP contribution in [0, 0.1) is 12.8 Å². The van der Waals surface area contributed by atoms with Crippen molar-refractivity contribution in [2.75, 3.05) is 13.2 Å². The predicted octanol–water partition coefficient (Wildman–Crippen LogP) is 4.38. The van der Waals surface area contributed by atoms with E-state index in [0.717, 1.165) is 29.5 Å². The third-order valence-corrected chi connectivity index (χ3v) is 8.15. The van der Waals surface area contributed by atoms with Crippen molar-refractivity contribution in [2.45, 2.75) is 63.7 Å². The Labute approximate surface area is 214 Å². The van der Waals surface area contributed by atoms with E-state index in [1.165, 1.54) is 0 Å². The lowest BCUT2D eigenvalue weighted by atomic mass is 10.1. The van der Waals surface area contributed by atoms with Gasteiger partial charge in [-0.3, -0.25) is 4.79 Å². The zero-order valence-corrected chi connectivity index (χ0v) is 22.1. The third-order valence-electron chi connectivity index (χ3n) is 6.58. The monoisotopic (exact) mass is 509 g/mol. The maximum Gasteiger partial charge on any atom is 0.228 e. The van der Waals surface area contributed by atoms with Crippen LogP contribution in [0.1, 0.15) is 49.1 Å². The first-order chi connectivity index (χ1) is 17.2. The van der Waals surface area contributed by atoms with E-state index in [4.69, 9.17) is 4.74 Å². The van der Waals surface area contributed by atoms with Crippen LogP contribution in [0.2, 0.25) is 0 Å². The van der Waals surface area contributed by atoms with Crippen molar-refractivity contribution >= 4 is 15.7 Å². The number of rotatable bonds is 10. The molecule has 1 aliphatic heterocycles. The molecule has 0 saturated carbocycles. The van der Waals surface area contributed by atoms with Crippen LogP contribution < -0.4 is 0 Å². The Hall–Kier alpha value is -2.97. The SMILES string of the molecule is Cc1ccccc1CS(=O)(=O)c1ncc(CN(C[C@@H]2CCCO2)C(=O)C(C)C)n1Cc1ccccc1. The summed E-state index contributed by atoms with van der Waals surface area (Å²) in [7, 11) is -3.74. The Morgan fingerprint density at radius 3 is 2.53 bits per heavy atom. The molecule has 2 heterocycles. The van der Waals surface area contributed by atoms with Gasteiger partial charge in [0.1, 0.15) is 0 Å². The second kappa shape index (κ2) is 11.4. The molecule has 0 radical (unpaired) electrons. The van der Waals surface area contributed by atoms with Crippen molar-refractivity contribution in [1.82, 2.24) is 14.5 Å². The predicted molar refractivity (Wildman–Crippen MR) is 139 cm³/mol. The fourth-order valence-electron chi connectivity index (χ4n) is 4.57. The molecule has 1 aromatic heterocycles. The van der Waals surface area contributed by atoms with Gasteiger partial charge in [0.15, 0.2) is 0 Å². The molecular formula is C28H35N3O4S. The summed E-state index contributed by atoms with van der Waals surface area (Å²) in [5.74, 6) is -0.293. The molecule has 0 aliphatic carbocycles. The molecular weight excluding hydrogens is 474 g/mol. The Kier molecular flexibility index (Phi) is 8.26. The average molecular weight is 510 g/mol. The molecule has 7 nitrogen and oxygen atoms in total. The van der Waals surface area contributed by atoms with E-state index in [1.54, 1.807) is 15.7 Å². The third kappa shape index (κ3) is 6.23. The summed E-state index contributed by atoms with van der Waals surface area (Å²) in [6.07, 6.45) is 3.51. The van der Waals surface area contributed by atoms with Gasteiger partial charge in [-0.05, 0) is 36.5 Å². The summed E-state index contributed by atoms with van der Waals surface area (Å²) in [5, 5.41) is 0.0265. The maximum absolute atomic E-state index is 13.6. The smallest absolute Gasteiger partial charge is 0.228 e. The highest BCUT2D eigenvalue weighted by atomic mass is 32.2. The molecule has 192 valence electrons. The number of benzene rings is 2. The van der Waals surface area contributed by atoms with Crippen LogP contribution in [0.5, 0.6) is 0 Å². The number of carbonyl (C=O) groups is 1. The van der Waals surface area contributed by atoms with Crippen LogP contribution in [0.3, 0.4) is 0 Å². The normalized spacial score (nSPS) is 15.9. The molecule has 3 aromatic rings. The molecule has 1 fully saturated rings. The molecule has 0 N–H and O–H groups in total. The van der Waals surface area contributed by atoms with E-state index in [-0.39, 0.29) is 35.4 Å². The molecule has 0 spiro atoms. The largest absolute Gasteiger partial charge is 0.376 e. The average Bonchev–Trinajstić information content (AvgIpc) is 3.51. The first-order valence-corrected chi connectivity index (χ1v) is 14.2. The summed E-state index contributed by atoms with van der Waals surface area (Å²) >= 11 is 0. The van der Waals surface area contributed by atoms with Crippen LogP contribution >= 0.6 is 0 Å². The number of aromatic nitrogens is 2. The standard InChI is InChI=1S/C28H35N3O4S/c1-21(2)27(32)30(19-26-14-9-15-35-26)18-25-16-29-28(31(25)17-23-11-5-4-6-12-23)36(33,34)20-24-13-8-7-10-22(24)3/h4-8,10-13,16,21,26H,9,14-15,17-20H2,1-3H3/t26-/m0/s1. The highest BCUT2D eigenvalue weighted by Gasteiger charge is 2.28. The van der Waals surface area contributed by atoms with Crippen molar-refractivity contribution in [3.05, 3.63) is 83.2 Å². The minimum absolute atomic E-state index is 0.00227. The number of ether oxygens (including phenoxy) is 1. The van der Waals surface area contributed by atoms with Gasteiger partial charge in [-0.15, -0.1) is 0 Å². The number of aryl methyl sites for hydroxylation is 1. The second-order valence-electron chi connectivity index (χ2n) is 9.80. The van der Waals surface area contributed by atoms with Crippen LogP contribution in [0.15, 0.2) is 66.0 Å². The van der Waals surface area contributed by atoms with Crippen molar-refractivity contribution < 1.29 is 17.9 Å². The second-order valence-corrected chi connectivity index (χ2v) is 11.7. The molecule has 36 heavy (non-hydrogen) atoms. The van der Waals surface area contributed by atoms with Crippen molar-refractivity contribution in [2.24, 2.45) is 5.92 Å². The Morgan fingerprint density at radius 2 is 1.86 bits per heavy atom. The maximum atomic E-state index is 13.6.